The number of hydrogen-bond acceptors (Lipinski definition) is 4. The van der Waals surface area contributed by atoms with Gasteiger partial charge in [0, 0.05) is 5.02 Å². The minimum absolute atomic E-state index is 0.129. The molecule has 140 valence electrons. The number of anilines is 2. The lowest BCUT2D eigenvalue weighted by Crippen LogP contribution is -2.37. The fourth-order valence-electron chi connectivity index (χ4n) is 2.30. The summed E-state index contributed by atoms with van der Waals surface area (Å²) >= 11 is 12.0. The number of carbonyl (C=O) groups is 1. The van der Waals surface area contributed by atoms with E-state index in [1.54, 1.807) is 12.1 Å². The number of nitrogens with zero attached hydrogens (tertiary/aromatic N) is 1. The second-order valence-electron chi connectivity index (χ2n) is 5.62. The zero-order valence-corrected chi connectivity index (χ0v) is 16.7. The number of sulfonamides is 1. The highest BCUT2D eigenvalue weighted by Crippen LogP contribution is 2.31. The summed E-state index contributed by atoms with van der Waals surface area (Å²) in [6, 6.07) is 9.66. The van der Waals surface area contributed by atoms with E-state index in [-0.39, 0.29) is 10.7 Å². The Kier molecular flexibility index (Phi) is 6.39. The third kappa shape index (κ3) is 5.03. The molecule has 0 atom stereocenters. The molecule has 0 aliphatic heterocycles. The van der Waals surface area contributed by atoms with Gasteiger partial charge in [-0.1, -0.05) is 29.3 Å². The van der Waals surface area contributed by atoms with Crippen molar-refractivity contribution in [3.05, 3.63) is 52.0 Å². The number of nitrogens with one attached hydrogen (secondary N) is 1. The maximum absolute atomic E-state index is 12.5. The van der Waals surface area contributed by atoms with Crippen LogP contribution in [0.1, 0.15) is 5.56 Å². The fourth-order valence-corrected chi connectivity index (χ4v) is 3.73. The molecule has 2 aromatic carbocycles. The van der Waals surface area contributed by atoms with Gasteiger partial charge in [-0.15, -0.1) is 0 Å². The molecule has 0 fully saturated rings. The number of carbonyl (C=O) groups excluding carboxylic acids is 1. The summed E-state index contributed by atoms with van der Waals surface area (Å²) < 4.78 is 30.5. The molecule has 0 radical (unpaired) electrons. The Morgan fingerprint density at radius 2 is 1.88 bits per heavy atom. The maximum atomic E-state index is 12.5. The number of aryl methyl sites for hydroxylation is 1. The van der Waals surface area contributed by atoms with Gasteiger partial charge in [0.2, 0.25) is 15.9 Å². The lowest BCUT2D eigenvalue weighted by molar-refractivity contribution is -0.114. The molecular weight excluding hydrogens is 399 g/mol. The summed E-state index contributed by atoms with van der Waals surface area (Å²) in [6.07, 6.45) is 0.998. The van der Waals surface area contributed by atoms with Gasteiger partial charge in [0.15, 0.2) is 0 Å². The second kappa shape index (κ2) is 8.16. The molecule has 2 rings (SSSR count). The van der Waals surface area contributed by atoms with E-state index in [2.05, 4.69) is 5.32 Å². The van der Waals surface area contributed by atoms with E-state index in [4.69, 9.17) is 27.9 Å². The van der Waals surface area contributed by atoms with Crippen LogP contribution in [0, 0.1) is 6.92 Å². The van der Waals surface area contributed by atoms with Gasteiger partial charge in [-0.2, -0.15) is 0 Å². The molecule has 0 aliphatic carbocycles. The van der Waals surface area contributed by atoms with Crippen molar-refractivity contribution in [3.63, 3.8) is 0 Å². The van der Waals surface area contributed by atoms with Crippen molar-refractivity contribution in [2.75, 3.05) is 29.5 Å². The van der Waals surface area contributed by atoms with Crippen molar-refractivity contribution in [2.24, 2.45) is 0 Å². The molecule has 0 aromatic heterocycles. The Balaban J connectivity index is 2.30. The number of ether oxygens (including phenoxy) is 1. The first-order chi connectivity index (χ1) is 12.1. The van der Waals surface area contributed by atoms with Crippen LogP contribution in [-0.2, 0) is 14.8 Å². The van der Waals surface area contributed by atoms with E-state index < -0.39 is 22.5 Å². The first-order valence-electron chi connectivity index (χ1n) is 7.49. The molecule has 0 bridgehead atoms. The van der Waals surface area contributed by atoms with Gasteiger partial charge >= 0.3 is 0 Å². The molecule has 0 unspecified atom stereocenters. The van der Waals surface area contributed by atoms with Gasteiger partial charge in [0.05, 0.1) is 29.8 Å². The molecule has 0 saturated heterocycles. The number of benzene rings is 2. The topological polar surface area (TPSA) is 75.7 Å². The highest BCUT2D eigenvalue weighted by Gasteiger charge is 2.23. The number of halogens is 2. The summed E-state index contributed by atoms with van der Waals surface area (Å²) in [4.78, 5) is 12.5. The Hall–Kier alpha value is -1.96. The lowest BCUT2D eigenvalue weighted by Gasteiger charge is -2.23. The molecular formula is C17H18Cl2N2O4S. The van der Waals surface area contributed by atoms with Crippen LogP contribution >= 0.6 is 23.2 Å². The summed E-state index contributed by atoms with van der Waals surface area (Å²) in [6.45, 7) is 1.42. The van der Waals surface area contributed by atoms with Crippen molar-refractivity contribution < 1.29 is 17.9 Å². The zero-order valence-electron chi connectivity index (χ0n) is 14.4. The summed E-state index contributed by atoms with van der Waals surface area (Å²) in [5.41, 5.74) is 1.54. The number of methoxy groups -OCH3 is 1. The summed E-state index contributed by atoms with van der Waals surface area (Å²) in [5.74, 6) is -0.0651. The van der Waals surface area contributed by atoms with Gasteiger partial charge in [0.1, 0.15) is 12.3 Å². The first-order valence-corrected chi connectivity index (χ1v) is 10.1. The number of hydrogen-bond donors (Lipinski definition) is 1. The lowest BCUT2D eigenvalue weighted by atomic mass is 10.2. The normalized spacial score (nSPS) is 11.1. The summed E-state index contributed by atoms with van der Waals surface area (Å²) in [7, 11) is -2.27. The van der Waals surface area contributed by atoms with Gasteiger partial charge in [-0.25, -0.2) is 8.42 Å². The monoisotopic (exact) mass is 416 g/mol. The number of amides is 1. The Bertz CT molecular complexity index is 932. The van der Waals surface area contributed by atoms with Crippen LogP contribution in [-0.4, -0.2) is 34.2 Å². The quantitative estimate of drug-likeness (QED) is 0.778. The average Bonchev–Trinajstić information content (AvgIpc) is 2.52. The van der Waals surface area contributed by atoms with Gasteiger partial charge in [-0.3, -0.25) is 9.10 Å². The Morgan fingerprint density at radius 3 is 2.46 bits per heavy atom. The summed E-state index contributed by atoms with van der Waals surface area (Å²) in [5, 5.41) is 3.16. The van der Waals surface area contributed by atoms with E-state index in [1.165, 1.54) is 25.3 Å². The van der Waals surface area contributed by atoms with Crippen LogP contribution in [0.25, 0.3) is 0 Å². The van der Waals surface area contributed by atoms with Crippen LogP contribution in [0.3, 0.4) is 0 Å². The van der Waals surface area contributed by atoms with Gasteiger partial charge in [-0.05, 0) is 42.8 Å². The molecule has 6 nitrogen and oxygen atoms in total. The van der Waals surface area contributed by atoms with Crippen molar-refractivity contribution in [1.29, 1.82) is 0 Å². The molecule has 26 heavy (non-hydrogen) atoms. The van der Waals surface area contributed by atoms with E-state index >= 15 is 0 Å². The molecule has 0 aliphatic rings. The minimum Gasteiger partial charge on any atom is -0.495 e. The van der Waals surface area contributed by atoms with Crippen molar-refractivity contribution in [2.45, 2.75) is 6.92 Å². The van der Waals surface area contributed by atoms with Crippen LogP contribution in [0.5, 0.6) is 5.75 Å². The first kappa shape index (κ1) is 20.4. The van der Waals surface area contributed by atoms with Crippen LogP contribution in [0.2, 0.25) is 10.0 Å². The van der Waals surface area contributed by atoms with Gasteiger partial charge in [0.25, 0.3) is 0 Å². The van der Waals surface area contributed by atoms with Gasteiger partial charge < -0.3 is 10.1 Å². The molecule has 0 heterocycles. The average molecular weight is 417 g/mol. The third-order valence-electron chi connectivity index (χ3n) is 3.50. The Labute approximate surface area is 162 Å². The predicted octanol–water partition coefficient (Wildman–Crippen LogP) is 3.72. The van der Waals surface area contributed by atoms with Crippen LogP contribution in [0.4, 0.5) is 11.4 Å². The SMILES string of the molecule is COc1ccc(C)cc1NC(=O)CN(c1ccc(Cl)cc1Cl)S(C)(=O)=O. The van der Waals surface area contributed by atoms with E-state index in [9.17, 15) is 13.2 Å². The molecule has 1 amide bonds. The fraction of sp³-hybridized carbons (Fsp3) is 0.235. The van der Waals surface area contributed by atoms with Crippen LogP contribution in [0.15, 0.2) is 36.4 Å². The smallest absolute Gasteiger partial charge is 0.245 e. The molecule has 0 saturated carbocycles. The standard InChI is InChI=1S/C17H18Cl2N2O4S/c1-11-4-7-16(25-2)14(8-11)20-17(22)10-21(26(3,23)24)15-6-5-12(18)9-13(15)19/h4-9H,10H2,1-3H3,(H,20,22). The zero-order chi connectivity index (χ0) is 19.5. The molecule has 9 heteroatoms. The molecule has 1 N–H and O–H groups in total. The van der Waals surface area contributed by atoms with E-state index in [0.717, 1.165) is 16.1 Å². The van der Waals surface area contributed by atoms with Crippen molar-refractivity contribution in [3.8, 4) is 5.75 Å². The molecule has 2 aromatic rings. The Morgan fingerprint density at radius 1 is 1.19 bits per heavy atom. The van der Waals surface area contributed by atoms with E-state index in [1.807, 2.05) is 13.0 Å². The van der Waals surface area contributed by atoms with Crippen molar-refractivity contribution in [1.82, 2.24) is 0 Å². The highest BCUT2D eigenvalue weighted by atomic mass is 35.5. The van der Waals surface area contributed by atoms with Crippen LogP contribution < -0.4 is 14.4 Å². The maximum Gasteiger partial charge on any atom is 0.245 e. The predicted molar refractivity (Wildman–Crippen MR) is 105 cm³/mol. The third-order valence-corrected chi connectivity index (χ3v) is 5.16. The second-order valence-corrected chi connectivity index (χ2v) is 8.37. The van der Waals surface area contributed by atoms with Crippen molar-refractivity contribution >= 4 is 50.5 Å². The molecule has 0 spiro atoms. The number of rotatable bonds is 6. The highest BCUT2D eigenvalue weighted by molar-refractivity contribution is 7.92. The van der Waals surface area contributed by atoms with E-state index in [0.29, 0.717) is 16.5 Å². The largest absolute Gasteiger partial charge is 0.495 e. The minimum atomic E-state index is -3.75.